The SMILES string of the molecule is CC(C)CSCC(N)Cc1ccc(Br)cc1. The lowest BCUT2D eigenvalue weighted by Gasteiger charge is -2.12. The first-order chi connectivity index (χ1) is 7.58. The van der Waals surface area contributed by atoms with Crippen LogP contribution >= 0.6 is 27.7 Å². The summed E-state index contributed by atoms with van der Waals surface area (Å²) in [7, 11) is 0. The summed E-state index contributed by atoms with van der Waals surface area (Å²) in [5, 5.41) is 0. The van der Waals surface area contributed by atoms with Crippen LogP contribution in [0.3, 0.4) is 0 Å². The molecule has 0 amide bonds. The van der Waals surface area contributed by atoms with Crippen molar-refractivity contribution in [2.45, 2.75) is 26.3 Å². The van der Waals surface area contributed by atoms with E-state index < -0.39 is 0 Å². The van der Waals surface area contributed by atoms with Gasteiger partial charge in [-0.1, -0.05) is 41.9 Å². The van der Waals surface area contributed by atoms with E-state index in [1.54, 1.807) is 0 Å². The molecule has 0 saturated heterocycles. The molecule has 3 heteroatoms. The molecule has 1 nitrogen and oxygen atoms in total. The lowest BCUT2D eigenvalue weighted by atomic mass is 10.1. The van der Waals surface area contributed by atoms with E-state index in [0.29, 0.717) is 0 Å². The van der Waals surface area contributed by atoms with Gasteiger partial charge in [-0.3, -0.25) is 0 Å². The summed E-state index contributed by atoms with van der Waals surface area (Å²) >= 11 is 5.39. The molecule has 1 aromatic carbocycles. The van der Waals surface area contributed by atoms with Gasteiger partial charge in [0.1, 0.15) is 0 Å². The lowest BCUT2D eigenvalue weighted by molar-refractivity contribution is 0.731. The minimum Gasteiger partial charge on any atom is -0.327 e. The van der Waals surface area contributed by atoms with Crippen LogP contribution in [0.2, 0.25) is 0 Å². The largest absolute Gasteiger partial charge is 0.327 e. The second kappa shape index (κ2) is 7.36. The van der Waals surface area contributed by atoms with Crippen LogP contribution in [-0.2, 0) is 6.42 Å². The monoisotopic (exact) mass is 301 g/mol. The molecule has 1 rings (SSSR count). The molecule has 1 atom stereocenters. The van der Waals surface area contributed by atoms with E-state index in [1.807, 2.05) is 11.8 Å². The predicted octanol–water partition coefficient (Wildman–Crippen LogP) is 3.71. The van der Waals surface area contributed by atoms with E-state index in [1.165, 1.54) is 11.3 Å². The molecule has 0 heterocycles. The molecule has 0 spiro atoms. The van der Waals surface area contributed by atoms with Gasteiger partial charge >= 0.3 is 0 Å². The maximum atomic E-state index is 6.10. The maximum Gasteiger partial charge on any atom is 0.0175 e. The fourth-order valence-electron chi connectivity index (χ4n) is 1.44. The second-order valence-corrected chi connectivity index (χ2v) is 6.51. The molecule has 1 unspecified atom stereocenters. The Balaban J connectivity index is 2.28. The highest BCUT2D eigenvalue weighted by molar-refractivity contribution is 9.10. The van der Waals surface area contributed by atoms with Gasteiger partial charge in [0.05, 0.1) is 0 Å². The quantitative estimate of drug-likeness (QED) is 0.867. The van der Waals surface area contributed by atoms with E-state index in [0.717, 1.165) is 22.6 Å². The molecule has 90 valence electrons. The molecular weight excluding hydrogens is 282 g/mol. The summed E-state index contributed by atoms with van der Waals surface area (Å²) in [6.45, 7) is 4.49. The third kappa shape index (κ3) is 5.92. The molecule has 0 aromatic heterocycles. The van der Waals surface area contributed by atoms with Gasteiger partial charge < -0.3 is 5.73 Å². The van der Waals surface area contributed by atoms with Crippen molar-refractivity contribution in [1.82, 2.24) is 0 Å². The first-order valence-electron chi connectivity index (χ1n) is 5.65. The number of rotatable bonds is 6. The zero-order valence-electron chi connectivity index (χ0n) is 9.95. The summed E-state index contributed by atoms with van der Waals surface area (Å²) in [5.74, 6) is 3.01. The molecule has 16 heavy (non-hydrogen) atoms. The summed E-state index contributed by atoms with van der Waals surface area (Å²) in [4.78, 5) is 0. The molecule has 0 saturated carbocycles. The zero-order chi connectivity index (χ0) is 12.0. The second-order valence-electron chi connectivity index (χ2n) is 4.52. The van der Waals surface area contributed by atoms with E-state index in [4.69, 9.17) is 5.73 Å². The normalized spacial score (nSPS) is 13.1. The third-order valence-electron chi connectivity index (χ3n) is 2.19. The molecule has 0 radical (unpaired) electrons. The Morgan fingerprint density at radius 3 is 2.38 bits per heavy atom. The number of hydrogen-bond donors (Lipinski definition) is 1. The first kappa shape index (κ1) is 14.1. The molecule has 0 aliphatic carbocycles. The first-order valence-corrected chi connectivity index (χ1v) is 7.60. The molecule has 0 fully saturated rings. The Morgan fingerprint density at radius 2 is 1.81 bits per heavy atom. The van der Waals surface area contributed by atoms with Crippen molar-refractivity contribution in [1.29, 1.82) is 0 Å². The van der Waals surface area contributed by atoms with Gasteiger partial charge in [-0.25, -0.2) is 0 Å². The van der Waals surface area contributed by atoms with Crippen LogP contribution in [0.15, 0.2) is 28.7 Å². The van der Waals surface area contributed by atoms with Crippen LogP contribution in [-0.4, -0.2) is 17.5 Å². The summed E-state index contributed by atoms with van der Waals surface area (Å²) in [6.07, 6.45) is 0.971. The molecule has 0 aliphatic heterocycles. The number of halogens is 1. The minimum atomic E-state index is 0.268. The molecular formula is C13H20BrNS. The number of benzene rings is 1. The van der Waals surface area contributed by atoms with Gasteiger partial charge in [0.25, 0.3) is 0 Å². The summed E-state index contributed by atoms with van der Waals surface area (Å²) in [5.41, 5.74) is 7.42. The van der Waals surface area contributed by atoms with Crippen LogP contribution in [0.5, 0.6) is 0 Å². The topological polar surface area (TPSA) is 26.0 Å². The van der Waals surface area contributed by atoms with E-state index >= 15 is 0 Å². The highest BCUT2D eigenvalue weighted by Crippen LogP contribution is 2.14. The zero-order valence-corrected chi connectivity index (χ0v) is 12.4. The Hall–Kier alpha value is 0.01000. The average Bonchev–Trinajstić information content (AvgIpc) is 2.21. The van der Waals surface area contributed by atoms with Crippen LogP contribution in [0.1, 0.15) is 19.4 Å². The Kier molecular flexibility index (Phi) is 6.47. The van der Waals surface area contributed by atoms with Crippen molar-refractivity contribution in [2.75, 3.05) is 11.5 Å². The summed E-state index contributed by atoms with van der Waals surface area (Å²) in [6, 6.07) is 8.69. The Labute approximate surface area is 111 Å². The van der Waals surface area contributed by atoms with Crippen LogP contribution in [0.25, 0.3) is 0 Å². The van der Waals surface area contributed by atoms with Crippen molar-refractivity contribution in [3.63, 3.8) is 0 Å². The lowest BCUT2D eigenvalue weighted by Crippen LogP contribution is -2.25. The van der Waals surface area contributed by atoms with Crippen molar-refractivity contribution in [2.24, 2.45) is 11.7 Å². The van der Waals surface area contributed by atoms with Crippen molar-refractivity contribution in [3.8, 4) is 0 Å². The van der Waals surface area contributed by atoms with Crippen molar-refractivity contribution >= 4 is 27.7 Å². The van der Waals surface area contributed by atoms with E-state index in [-0.39, 0.29) is 6.04 Å². The number of hydrogen-bond acceptors (Lipinski definition) is 2. The molecule has 1 aromatic rings. The smallest absolute Gasteiger partial charge is 0.0175 e. The van der Waals surface area contributed by atoms with Gasteiger partial charge in [0.2, 0.25) is 0 Å². The van der Waals surface area contributed by atoms with Gasteiger partial charge in [-0.15, -0.1) is 0 Å². The Bertz CT molecular complexity index is 297. The molecule has 0 aliphatic rings. The number of thioether (sulfide) groups is 1. The van der Waals surface area contributed by atoms with Crippen LogP contribution < -0.4 is 5.73 Å². The maximum absolute atomic E-state index is 6.10. The summed E-state index contributed by atoms with van der Waals surface area (Å²) < 4.78 is 1.12. The van der Waals surface area contributed by atoms with Gasteiger partial charge in [-0.2, -0.15) is 11.8 Å². The third-order valence-corrected chi connectivity index (χ3v) is 4.29. The molecule has 0 bridgehead atoms. The van der Waals surface area contributed by atoms with Crippen LogP contribution in [0, 0.1) is 5.92 Å². The number of nitrogens with two attached hydrogens (primary N) is 1. The Morgan fingerprint density at radius 1 is 1.19 bits per heavy atom. The molecule has 2 N–H and O–H groups in total. The van der Waals surface area contributed by atoms with Crippen LogP contribution in [0.4, 0.5) is 0 Å². The fraction of sp³-hybridized carbons (Fsp3) is 0.538. The fourth-order valence-corrected chi connectivity index (χ4v) is 2.73. The van der Waals surface area contributed by atoms with Crippen molar-refractivity contribution < 1.29 is 0 Å². The standard InChI is InChI=1S/C13H20BrNS/c1-10(2)8-16-9-13(15)7-11-3-5-12(14)6-4-11/h3-6,10,13H,7-9,15H2,1-2H3. The average molecular weight is 302 g/mol. The highest BCUT2D eigenvalue weighted by atomic mass is 79.9. The van der Waals surface area contributed by atoms with Gasteiger partial charge in [0, 0.05) is 16.3 Å². The highest BCUT2D eigenvalue weighted by Gasteiger charge is 2.05. The van der Waals surface area contributed by atoms with Gasteiger partial charge in [0.15, 0.2) is 0 Å². The van der Waals surface area contributed by atoms with E-state index in [9.17, 15) is 0 Å². The minimum absolute atomic E-state index is 0.268. The van der Waals surface area contributed by atoms with E-state index in [2.05, 4.69) is 54.0 Å². The van der Waals surface area contributed by atoms with Gasteiger partial charge in [-0.05, 0) is 35.8 Å². The predicted molar refractivity (Wildman–Crippen MR) is 78.0 cm³/mol. The van der Waals surface area contributed by atoms with Crippen molar-refractivity contribution in [3.05, 3.63) is 34.3 Å².